The Morgan fingerprint density at radius 3 is 2.75 bits per heavy atom. The second kappa shape index (κ2) is 3.27. The third-order valence-electron chi connectivity index (χ3n) is 2.13. The maximum Gasteiger partial charge on any atom is 0.211 e. The van der Waals surface area contributed by atoms with Gasteiger partial charge in [0, 0.05) is 5.57 Å². The second-order valence-corrected chi connectivity index (χ2v) is 3.22. The van der Waals surface area contributed by atoms with Gasteiger partial charge in [-0.25, -0.2) is 4.99 Å². The summed E-state index contributed by atoms with van der Waals surface area (Å²) in [5, 5.41) is 9.10. The van der Waals surface area contributed by atoms with E-state index in [0.717, 1.165) is 12.0 Å². The van der Waals surface area contributed by atoms with Gasteiger partial charge in [0.2, 0.25) is 5.90 Å². The maximum atomic E-state index is 9.10. The highest BCUT2D eigenvalue weighted by molar-refractivity contribution is 5.93. The molecule has 0 bridgehead atoms. The van der Waals surface area contributed by atoms with E-state index in [1.54, 1.807) is 0 Å². The fourth-order valence-corrected chi connectivity index (χ4v) is 1.08. The van der Waals surface area contributed by atoms with Crippen molar-refractivity contribution in [3.05, 3.63) is 12.2 Å². The number of nitrogens with zero attached hydrogens (tertiary/aromatic N) is 1. The first-order valence-electron chi connectivity index (χ1n) is 4.13. The lowest BCUT2D eigenvalue weighted by Crippen LogP contribution is -2.31. The SMILES string of the molecule is C=C(C)C1=NC(CC)(CO)CO1. The third-order valence-corrected chi connectivity index (χ3v) is 2.13. The van der Waals surface area contributed by atoms with Crippen molar-refractivity contribution in [3.8, 4) is 0 Å². The van der Waals surface area contributed by atoms with Gasteiger partial charge in [0.25, 0.3) is 0 Å². The number of aliphatic hydroxyl groups excluding tert-OH is 1. The van der Waals surface area contributed by atoms with Crippen molar-refractivity contribution in [2.75, 3.05) is 13.2 Å². The zero-order chi connectivity index (χ0) is 9.19. The van der Waals surface area contributed by atoms with Gasteiger partial charge in [0.15, 0.2) is 0 Å². The quantitative estimate of drug-likeness (QED) is 0.688. The Morgan fingerprint density at radius 2 is 2.50 bits per heavy atom. The zero-order valence-electron chi connectivity index (χ0n) is 7.63. The Morgan fingerprint density at radius 1 is 1.83 bits per heavy atom. The first-order valence-corrected chi connectivity index (χ1v) is 4.13. The Bertz CT molecular complexity index is 217. The molecule has 0 aromatic rings. The summed E-state index contributed by atoms with van der Waals surface area (Å²) < 4.78 is 5.30. The van der Waals surface area contributed by atoms with Crippen LogP contribution >= 0.6 is 0 Å². The minimum atomic E-state index is -0.408. The van der Waals surface area contributed by atoms with E-state index in [1.165, 1.54) is 0 Å². The number of aliphatic imine (C=N–C) groups is 1. The van der Waals surface area contributed by atoms with Crippen molar-refractivity contribution in [2.45, 2.75) is 25.8 Å². The monoisotopic (exact) mass is 169 g/mol. The van der Waals surface area contributed by atoms with Crippen molar-refractivity contribution in [3.63, 3.8) is 0 Å². The van der Waals surface area contributed by atoms with E-state index in [4.69, 9.17) is 9.84 Å². The highest BCUT2D eigenvalue weighted by atomic mass is 16.5. The molecule has 0 aromatic heterocycles. The first-order chi connectivity index (χ1) is 5.63. The molecule has 68 valence electrons. The number of aliphatic hydroxyl groups is 1. The van der Waals surface area contributed by atoms with Gasteiger partial charge in [-0.1, -0.05) is 13.5 Å². The minimum Gasteiger partial charge on any atom is -0.475 e. The maximum absolute atomic E-state index is 9.10. The molecule has 0 radical (unpaired) electrons. The predicted molar refractivity (Wildman–Crippen MR) is 48.3 cm³/mol. The molecule has 1 heterocycles. The van der Waals surface area contributed by atoms with Crippen LogP contribution in [0.25, 0.3) is 0 Å². The molecule has 3 heteroatoms. The summed E-state index contributed by atoms with van der Waals surface area (Å²) in [5.74, 6) is 0.589. The Labute approximate surface area is 72.8 Å². The number of hydrogen-bond acceptors (Lipinski definition) is 3. The van der Waals surface area contributed by atoms with Crippen LogP contribution in [0, 0.1) is 0 Å². The lowest BCUT2D eigenvalue weighted by atomic mass is 10.0. The topological polar surface area (TPSA) is 41.8 Å². The van der Waals surface area contributed by atoms with Crippen LogP contribution in [0.4, 0.5) is 0 Å². The Kier molecular flexibility index (Phi) is 2.52. The molecule has 0 aromatic carbocycles. The summed E-state index contributed by atoms with van der Waals surface area (Å²) in [6.45, 7) is 8.09. The van der Waals surface area contributed by atoms with Crippen LogP contribution in [0.1, 0.15) is 20.3 Å². The van der Waals surface area contributed by atoms with Crippen molar-refractivity contribution >= 4 is 5.90 Å². The summed E-state index contributed by atoms with van der Waals surface area (Å²) in [6.07, 6.45) is 0.792. The molecule has 1 unspecified atom stereocenters. The molecule has 3 nitrogen and oxygen atoms in total. The van der Waals surface area contributed by atoms with E-state index in [1.807, 2.05) is 13.8 Å². The molecule has 1 aliphatic rings. The largest absolute Gasteiger partial charge is 0.475 e. The molecule has 1 atom stereocenters. The molecule has 1 aliphatic heterocycles. The number of rotatable bonds is 3. The average molecular weight is 169 g/mol. The predicted octanol–water partition coefficient (Wildman–Crippen LogP) is 1.13. The van der Waals surface area contributed by atoms with Gasteiger partial charge in [-0.3, -0.25) is 0 Å². The van der Waals surface area contributed by atoms with Crippen LogP contribution < -0.4 is 0 Å². The van der Waals surface area contributed by atoms with Crippen molar-refractivity contribution < 1.29 is 9.84 Å². The van der Waals surface area contributed by atoms with E-state index >= 15 is 0 Å². The van der Waals surface area contributed by atoms with Gasteiger partial charge in [-0.15, -0.1) is 0 Å². The smallest absolute Gasteiger partial charge is 0.211 e. The summed E-state index contributed by atoms with van der Waals surface area (Å²) in [4.78, 5) is 4.30. The van der Waals surface area contributed by atoms with Gasteiger partial charge in [0.1, 0.15) is 12.1 Å². The molecular formula is C9H15NO2. The van der Waals surface area contributed by atoms with E-state index < -0.39 is 5.54 Å². The highest BCUT2D eigenvalue weighted by Crippen LogP contribution is 2.23. The highest BCUT2D eigenvalue weighted by Gasteiger charge is 2.34. The van der Waals surface area contributed by atoms with E-state index in [0.29, 0.717) is 12.5 Å². The normalized spacial score (nSPS) is 28.1. The van der Waals surface area contributed by atoms with Crippen LogP contribution in [0.5, 0.6) is 0 Å². The van der Waals surface area contributed by atoms with Crippen molar-refractivity contribution in [1.29, 1.82) is 0 Å². The standard InChI is InChI=1S/C9H15NO2/c1-4-9(5-11)6-12-8(10-9)7(2)3/h11H,2,4-6H2,1,3H3. The molecule has 0 fully saturated rings. The second-order valence-electron chi connectivity index (χ2n) is 3.22. The number of hydrogen-bond donors (Lipinski definition) is 1. The molecule has 1 rings (SSSR count). The lowest BCUT2D eigenvalue weighted by molar-refractivity contribution is 0.154. The molecule has 0 saturated carbocycles. The van der Waals surface area contributed by atoms with Gasteiger partial charge < -0.3 is 9.84 Å². The fraction of sp³-hybridized carbons (Fsp3) is 0.667. The Hall–Kier alpha value is -0.830. The molecule has 0 saturated heterocycles. The van der Waals surface area contributed by atoms with E-state index in [2.05, 4.69) is 11.6 Å². The van der Waals surface area contributed by atoms with Gasteiger partial charge in [-0.2, -0.15) is 0 Å². The van der Waals surface area contributed by atoms with Crippen LogP contribution in [-0.4, -0.2) is 29.8 Å². The lowest BCUT2D eigenvalue weighted by Gasteiger charge is -2.17. The summed E-state index contributed by atoms with van der Waals surface area (Å²) >= 11 is 0. The fourth-order valence-electron chi connectivity index (χ4n) is 1.08. The first kappa shape index (κ1) is 9.26. The molecular weight excluding hydrogens is 154 g/mol. The summed E-state index contributed by atoms with van der Waals surface area (Å²) in [5.41, 5.74) is 0.410. The van der Waals surface area contributed by atoms with Crippen LogP contribution in [0.2, 0.25) is 0 Å². The molecule has 1 N–H and O–H groups in total. The summed E-state index contributed by atoms with van der Waals surface area (Å²) in [6, 6.07) is 0. The molecule has 0 spiro atoms. The van der Waals surface area contributed by atoms with E-state index in [9.17, 15) is 0 Å². The van der Waals surface area contributed by atoms with Crippen LogP contribution in [-0.2, 0) is 4.74 Å². The Balaban J connectivity index is 2.80. The summed E-state index contributed by atoms with van der Waals surface area (Å²) in [7, 11) is 0. The number of ether oxygens (including phenoxy) is 1. The molecule has 0 aliphatic carbocycles. The van der Waals surface area contributed by atoms with Crippen LogP contribution in [0.15, 0.2) is 17.1 Å². The van der Waals surface area contributed by atoms with Crippen molar-refractivity contribution in [2.24, 2.45) is 4.99 Å². The van der Waals surface area contributed by atoms with E-state index in [-0.39, 0.29) is 6.61 Å². The molecule has 12 heavy (non-hydrogen) atoms. The van der Waals surface area contributed by atoms with Crippen LogP contribution in [0.3, 0.4) is 0 Å². The zero-order valence-corrected chi connectivity index (χ0v) is 7.63. The van der Waals surface area contributed by atoms with Gasteiger partial charge in [0.05, 0.1) is 6.61 Å². The minimum absolute atomic E-state index is 0.0419. The van der Waals surface area contributed by atoms with Gasteiger partial charge >= 0.3 is 0 Å². The third kappa shape index (κ3) is 1.50. The van der Waals surface area contributed by atoms with Gasteiger partial charge in [-0.05, 0) is 13.3 Å². The average Bonchev–Trinajstić information content (AvgIpc) is 2.49. The molecule has 0 amide bonds. The van der Waals surface area contributed by atoms with Crippen molar-refractivity contribution in [1.82, 2.24) is 0 Å².